The average Bonchev–Trinajstić information content (AvgIpc) is 2.17. The number of ether oxygens (including phenoxy) is 1. The highest BCUT2D eigenvalue weighted by atomic mass is 16.6. The van der Waals surface area contributed by atoms with Crippen LogP contribution < -0.4 is 5.32 Å². The summed E-state index contributed by atoms with van der Waals surface area (Å²) >= 11 is 0. The van der Waals surface area contributed by atoms with Crippen LogP contribution in [0.15, 0.2) is 0 Å². The van der Waals surface area contributed by atoms with E-state index in [4.69, 9.17) is 4.74 Å². The molecular weight excluding hydrogens is 118 g/mol. The quantitative estimate of drug-likeness (QED) is 0.601. The van der Waals surface area contributed by atoms with Gasteiger partial charge < -0.3 is 10.1 Å². The van der Waals surface area contributed by atoms with E-state index in [1.165, 1.54) is 0 Å². The minimum absolute atomic E-state index is 0.127. The lowest BCUT2D eigenvalue weighted by Gasteiger charge is -2.02. The Bertz CT molecular complexity index is 114. The Morgan fingerprint density at radius 3 is 3.11 bits per heavy atom. The molecule has 0 radical (unpaired) electrons. The van der Waals surface area contributed by atoms with E-state index in [0.29, 0.717) is 6.54 Å². The molecule has 3 heteroatoms. The van der Waals surface area contributed by atoms with Crippen molar-refractivity contribution in [2.45, 2.75) is 25.9 Å². The Labute approximate surface area is 54.4 Å². The second kappa shape index (κ2) is 2.71. The Morgan fingerprint density at radius 2 is 2.67 bits per heavy atom. The lowest BCUT2D eigenvalue weighted by Crippen LogP contribution is -2.14. The highest BCUT2D eigenvalue weighted by molar-refractivity contribution is 5.69. The molecule has 1 amide bonds. The van der Waals surface area contributed by atoms with Gasteiger partial charge in [-0.1, -0.05) is 13.3 Å². The second-order valence-electron chi connectivity index (χ2n) is 2.20. The first-order valence-electron chi connectivity index (χ1n) is 3.27. The van der Waals surface area contributed by atoms with Crippen LogP contribution in [0.3, 0.4) is 0 Å². The summed E-state index contributed by atoms with van der Waals surface area (Å²) in [5.74, 6) is 0. The maximum atomic E-state index is 10.4. The summed E-state index contributed by atoms with van der Waals surface area (Å²) in [6.45, 7) is 2.76. The van der Waals surface area contributed by atoms with Gasteiger partial charge in [0.25, 0.3) is 0 Å². The Hall–Kier alpha value is -0.730. The number of hydrogen-bond donors (Lipinski definition) is 1. The summed E-state index contributed by atoms with van der Waals surface area (Å²) in [7, 11) is 0. The van der Waals surface area contributed by atoms with Crippen molar-refractivity contribution >= 4 is 6.09 Å². The van der Waals surface area contributed by atoms with Gasteiger partial charge in [0.05, 0.1) is 6.54 Å². The normalized spacial score (nSPS) is 25.4. The average molecular weight is 129 g/mol. The predicted octanol–water partition coefficient (Wildman–Crippen LogP) is 0.895. The molecule has 9 heavy (non-hydrogen) atoms. The third kappa shape index (κ3) is 1.59. The Kier molecular flexibility index (Phi) is 1.92. The summed E-state index contributed by atoms with van der Waals surface area (Å²) < 4.78 is 4.85. The first kappa shape index (κ1) is 6.39. The predicted molar refractivity (Wildman–Crippen MR) is 33.2 cm³/mol. The van der Waals surface area contributed by atoms with Crippen molar-refractivity contribution < 1.29 is 9.53 Å². The summed E-state index contributed by atoms with van der Waals surface area (Å²) in [5, 5.41) is 2.59. The van der Waals surface area contributed by atoms with Crippen LogP contribution >= 0.6 is 0 Å². The van der Waals surface area contributed by atoms with E-state index in [-0.39, 0.29) is 12.2 Å². The van der Waals surface area contributed by atoms with E-state index in [9.17, 15) is 4.79 Å². The van der Waals surface area contributed by atoms with Gasteiger partial charge in [-0.2, -0.15) is 0 Å². The van der Waals surface area contributed by atoms with Crippen molar-refractivity contribution in [3.63, 3.8) is 0 Å². The van der Waals surface area contributed by atoms with Crippen LogP contribution in [0.25, 0.3) is 0 Å². The van der Waals surface area contributed by atoms with Crippen molar-refractivity contribution in [3.8, 4) is 0 Å². The monoisotopic (exact) mass is 129 g/mol. The van der Waals surface area contributed by atoms with Gasteiger partial charge >= 0.3 is 6.09 Å². The first-order chi connectivity index (χ1) is 4.33. The van der Waals surface area contributed by atoms with Gasteiger partial charge in [-0.25, -0.2) is 4.79 Å². The molecule has 1 N–H and O–H groups in total. The highest BCUT2D eigenvalue weighted by Crippen LogP contribution is 2.05. The van der Waals surface area contributed by atoms with Gasteiger partial charge in [0, 0.05) is 0 Å². The number of cyclic esters (lactones) is 1. The Balaban J connectivity index is 2.22. The fraction of sp³-hybridized carbons (Fsp3) is 0.833. The fourth-order valence-corrected chi connectivity index (χ4v) is 0.915. The summed E-state index contributed by atoms with van der Waals surface area (Å²) in [4.78, 5) is 10.4. The van der Waals surface area contributed by atoms with Gasteiger partial charge in [0.1, 0.15) is 6.10 Å². The lowest BCUT2D eigenvalue weighted by atomic mass is 10.2. The van der Waals surface area contributed by atoms with Crippen molar-refractivity contribution in [1.82, 2.24) is 5.32 Å². The number of carbonyl (C=O) groups is 1. The minimum Gasteiger partial charge on any atom is -0.444 e. The third-order valence-corrected chi connectivity index (χ3v) is 1.36. The molecule has 1 atom stereocenters. The van der Waals surface area contributed by atoms with Crippen LogP contribution in [0.2, 0.25) is 0 Å². The molecule has 0 bridgehead atoms. The van der Waals surface area contributed by atoms with Crippen molar-refractivity contribution in [2.24, 2.45) is 0 Å². The SMILES string of the molecule is CCCC1CNC(=O)O1. The number of carbonyl (C=O) groups excluding carboxylic acids is 1. The standard InChI is InChI=1S/C6H11NO2/c1-2-3-5-4-7-6(8)9-5/h5H,2-4H2,1H3,(H,7,8). The zero-order valence-electron chi connectivity index (χ0n) is 5.52. The molecule has 52 valence electrons. The van der Waals surface area contributed by atoms with E-state index in [0.717, 1.165) is 12.8 Å². The van der Waals surface area contributed by atoms with E-state index in [2.05, 4.69) is 12.2 Å². The van der Waals surface area contributed by atoms with Crippen LogP contribution in [0.1, 0.15) is 19.8 Å². The summed E-state index contributed by atoms with van der Waals surface area (Å²) in [6, 6.07) is 0. The molecule has 1 aliphatic rings. The molecule has 1 fully saturated rings. The van der Waals surface area contributed by atoms with Gasteiger partial charge in [-0.15, -0.1) is 0 Å². The van der Waals surface area contributed by atoms with E-state index in [1.54, 1.807) is 0 Å². The molecule has 0 aliphatic carbocycles. The van der Waals surface area contributed by atoms with Crippen molar-refractivity contribution in [1.29, 1.82) is 0 Å². The minimum atomic E-state index is -0.270. The zero-order valence-corrected chi connectivity index (χ0v) is 5.52. The molecule has 1 rings (SSSR count). The molecule has 1 heterocycles. The first-order valence-corrected chi connectivity index (χ1v) is 3.27. The van der Waals surface area contributed by atoms with E-state index in [1.807, 2.05) is 0 Å². The molecule has 0 spiro atoms. The number of nitrogens with one attached hydrogen (secondary N) is 1. The van der Waals surface area contributed by atoms with Gasteiger partial charge in [-0.3, -0.25) is 0 Å². The van der Waals surface area contributed by atoms with Crippen LogP contribution in [-0.4, -0.2) is 18.7 Å². The molecule has 1 aliphatic heterocycles. The maximum absolute atomic E-state index is 10.4. The van der Waals surface area contributed by atoms with Gasteiger partial charge in [-0.05, 0) is 6.42 Å². The molecule has 0 aromatic carbocycles. The molecule has 3 nitrogen and oxygen atoms in total. The topological polar surface area (TPSA) is 38.3 Å². The number of hydrogen-bond acceptors (Lipinski definition) is 2. The number of rotatable bonds is 2. The summed E-state index contributed by atoms with van der Waals surface area (Å²) in [5.41, 5.74) is 0. The lowest BCUT2D eigenvalue weighted by molar-refractivity contribution is 0.135. The van der Waals surface area contributed by atoms with E-state index >= 15 is 0 Å². The van der Waals surface area contributed by atoms with Crippen LogP contribution in [0.4, 0.5) is 4.79 Å². The molecule has 0 aromatic heterocycles. The largest absolute Gasteiger partial charge is 0.444 e. The van der Waals surface area contributed by atoms with Gasteiger partial charge in [0.15, 0.2) is 0 Å². The van der Waals surface area contributed by atoms with Crippen molar-refractivity contribution in [2.75, 3.05) is 6.54 Å². The molecular formula is C6H11NO2. The van der Waals surface area contributed by atoms with Crippen molar-refractivity contribution in [3.05, 3.63) is 0 Å². The molecule has 1 saturated heterocycles. The molecule has 0 aromatic rings. The Morgan fingerprint density at radius 1 is 1.89 bits per heavy atom. The maximum Gasteiger partial charge on any atom is 0.407 e. The van der Waals surface area contributed by atoms with Gasteiger partial charge in [0.2, 0.25) is 0 Å². The fourth-order valence-electron chi connectivity index (χ4n) is 0.915. The highest BCUT2D eigenvalue weighted by Gasteiger charge is 2.20. The summed E-state index contributed by atoms with van der Waals surface area (Å²) in [6.07, 6.45) is 1.90. The number of amides is 1. The van der Waals surface area contributed by atoms with Crippen LogP contribution in [0, 0.1) is 0 Å². The smallest absolute Gasteiger partial charge is 0.407 e. The van der Waals surface area contributed by atoms with Crippen LogP contribution in [0.5, 0.6) is 0 Å². The third-order valence-electron chi connectivity index (χ3n) is 1.36. The number of alkyl carbamates (subject to hydrolysis) is 1. The second-order valence-corrected chi connectivity index (χ2v) is 2.20. The van der Waals surface area contributed by atoms with E-state index < -0.39 is 0 Å². The molecule has 1 unspecified atom stereocenters. The zero-order chi connectivity index (χ0) is 6.69. The van der Waals surface area contributed by atoms with Crippen LogP contribution in [-0.2, 0) is 4.74 Å². The molecule has 0 saturated carbocycles.